The molecule has 0 aliphatic carbocycles. The predicted molar refractivity (Wildman–Crippen MR) is 98.5 cm³/mol. The van der Waals surface area contributed by atoms with E-state index in [9.17, 15) is 14.4 Å². The molecular formula is C18H28N4O4. The maximum absolute atomic E-state index is 12.4. The first-order chi connectivity index (χ1) is 12.3. The van der Waals surface area contributed by atoms with Gasteiger partial charge in [-0.15, -0.1) is 0 Å². The molecule has 0 saturated heterocycles. The molecule has 0 unspecified atom stereocenters. The molecule has 3 amide bonds. The Bertz CT molecular complexity index is 592. The average Bonchev–Trinajstić information content (AvgIpc) is 2.57. The van der Waals surface area contributed by atoms with Gasteiger partial charge in [0.25, 0.3) is 0 Å². The van der Waals surface area contributed by atoms with Crippen molar-refractivity contribution in [2.75, 3.05) is 13.1 Å². The summed E-state index contributed by atoms with van der Waals surface area (Å²) in [6, 6.07) is 8.03. The van der Waals surface area contributed by atoms with Crippen LogP contribution < -0.4 is 21.7 Å². The molecule has 1 aromatic carbocycles. The molecule has 8 nitrogen and oxygen atoms in total. The van der Waals surface area contributed by atoms with Crippen LogP contribution in [0, 0.1) is 5.92 Å². The van der Waals surface area contributed by atoms with Gasteiger partial charge >= 0.3 is 12.0 Å². The number of amides is 3. The number of carbonyl (C=O) groups is 3. The van der Waals surface area contributed by atoms with Crippen molar-refractivity contribution in [1.82, 2.24) is 16.0 Å². The van der Waals surface area contributed by atoms with E-state index in [-0.39, 0.29) is 24.4 Å². The lowest BCUT2D eigenvalue weighted by molar-refractivity contribution is -0.135. The fourth-order valence-electron chi connectivity index (χ4n) is 2.41. The van der Waals surface area contributed by atoms with Crippen molar-refractivity contribution in [2.24, 2.45) is 11.7 Å². The normalized spacial score (nSPS) is 12.9. The Morgan fingerprint density at radius 1 is 1.12 bits per heavy atom. The van der Waals surface area contributed by atoms with E-state index in [0.29, 0.717) is 12.8 Å². The number of carboxylic acid groups (broad SMARTS) is 1. The van der Waals surface area contributed by atoms with Crippen molar-refractivity contribution >= 4 is 17.9 Å². The zero-order valence-electron chi connectivity index (χ0n) is 15.2. The topological polar surface area (TPSA) is 134 Å². The Morgan fingerprint density at radius 2 is 1.77 bits per heavy atom. The number of hydrogen-bond acceptors (Lipinski definition) is 4. The zero-order chi connectivity index (χ0) is 19.5. The summed E-state index contributed by atoms with van der Waals surface area (Å²) >= 11 is 0. The van der Waals surface area contributed by atoms with Crippen LogP contribution in [0.2, 0.25) is 0 Å². The van der Waals surface area contributed by atoms with Gasteiger partial charge in [-0.25, -0.2) is 4.79 Å². The smallest absolute Gasteiger partial charge is 0.323 e. The van der Waals surface area contributed by atoms with Crippen LogP contribution in [0.3, 0.4) is 0 Å². The highest BCUT2D eigenvalue weighted by molar-refractivity contribution is 5.88. The van der Waals surface area contributed by atoms with Crippen LogP contribution in [0.1, 0.15) is 25.8 Å². The highest BCUT2D eigenvalue weighted by atomic mass is 16.4. The van der Waals surface area contributed by atoms with Gasteiger partial charge in [-0.1, -0.05) is 44.2 Å². The first kappa shape index (κ1) is 21.4. The zero-order valence-corrected chi connectivity index (χ0v) is 15.2. The van der Waals surface area contributed by atoms with E-state index >= 15 is 0 Å². The van der Waals surface area contributed by atoms with Gasteiger partial charge in [0.15, 0.2) is 0 Å². The second kappa shape index (κ2) is 11.1. The number of carbonyl (C=O) groups excluding carboxylic acids is 2. The standard InChI is InChI=1S/C18H28N4O4/c1-12(2)8-15(22-18(26)21-11-16(23)24)17(25)20-10-14(19)9-13-6-4-3-5-7-13/h3-7,12,14-15H,8-11,19H2,1-2H3,(H,20,25)(H,23,24)(H2,21,22,26)/t14-,15+/m1/s1. The third-order valence-electron chi connectivity index (χ3n) is 3.61. The van der Waals surface area contributed by atoms with Gasteiger partial charge in [0.1, 0.15) is 12.6 Å². The number of hydrogen-bond donors (Lipinski definition) is 5. The minimum atomic E-state index is -1.16. The van der Waals surface area contributed by atoms with Gasteiger partial charge in [-0.2, -0.15) is 0 Å². The van der Waals surface area contributed by atoms with Gasteiger partial charge in [0.2, 0.25) is 5.91 Å². The fourth-order valence-corrected chi connectivity index (χ4v) is 2.41. The van der Waals surface area contributed by atoms with Crippen LogP contribution in [-0.2, 0) is 16.0 Å². The van der Waals surface area contributed by atoms with Crippen molar-refractivity contribution in [2.45, 2.75) is 38.8 Å². The molecule has 0 saturated carbocycles. The minimum absolute atomic E-state index is 0.170. The van der Waals surface area contributed by atoms with Crippen LogP contribution in [0.25, 0.3) is 0 Å². The van der Waals surface area contributed by atoms with E-state index in [1.165, 1.54) is 0 Å². The molecule has 0 bridgehead atoms. The second-order valence-corrected chi connectivity index (χ2v) is 6.60. The molecule has 1 aromatic rings. The first-order valence-corrected chi connectivity index (χ1v) is 8.61. The lowest BCUT2D eigenvalue weighted by Crippen LogP contribution is -2.52. The summed E-state index contributed by atoms with van der Waals surface area (Å²) in [5.41, 5.74) is 7.14. The monoisotopic (exact) mass is 364 g/mol. The van der Waals surface area contributed by atoms with Crippen LogP contribution >= 0.6 is 0 Å². The molecule has 0 radical (unpaired) electrons. The Morgan fingerprint density at radius 3 is 2.35 bits per heavy atom. The number of benzene rings is 1. The predicted octanol–water partition coefficient (Wildman–Crippen LogP) is 0.471. The van der Waals surface area contributed by atoms with Gasteiger partial charge in [-0.05, 0) is 24.3 Å². The van der Waals surface area contributed by atoms with E-state index in [2.05, 4.69) is 16.0 Å². The minimum Gasteiger partial charge on any atom is -0.480 e. The maximum Gasteiger partial charge on any atom is 0.323 e. The molecule has 0 aliphatic rings. The SMILES string of the molecule is CC(C)C[C@H](NC(=O)NCC(=O)O)C(=O)NC[C@H](N)Cc1ccccc1. The molecule has 0 aromatic heterocycles. The van der Waals surface area contributed by atoms with E-state index in [0.717, 1.165) is 5.56 Å². The number of nitrogens with two attached hydrogens (primary N) is 1. The number of rotatable bonds is 10. The van der Waals surface area contributed by atoms with E-state index in [1.54, 1.807) is 0 Å². The number of nitrogens with one attached hydrogen (secondary N) is 3. The van der Waals surface area contributed by atoms with Crippen molar-refractivity contribution in [1.29, 1.82) is 0 Å². The molecular weight excluding hydrogens is 336 g/mol. The molecule has 0 aliphatic heterocycles. The second-order valence-electron chi connectivity index (χ2n) is 6.60. The Kier molecular flexibility index (Phi) is 9.14. The van der Waals surface area contributed by atoms with E-state index in [4.69, 9.17) is 10.8 Å². The number of aliphatic carboxylic acids is 1. The summed E-state index contributed by atoms with van der Waals surface area (Å²) in [6.07, 6.45) is 1.06. The van der Waals surface area contributed by atoms with Gasteiger partial charge < -0.3 is 26.8 Å². The van der Waals surface area contributed by atoms with Crippen LogP contribution in [-0.4, -0.2) is 48.2 Å². The summed E-state index contributed by atoms with van der Waals surface area (Å²) in [5, 5.41) is 16.0. The van der Waals surface area contributed by atoms with Crippen molar-refractivity contribution < 1.29 is 19.5 Å². The third kappa shape index (κ3) is 9.03. The maximum atomic E-state index is 12.4. The summed E-state index contributed by atoms with van der Waals surface area (Å²) in [4.78, 5) is 34.6. The molecule has 6 N–H and O–H groups in total. The molecule has 1 rings (SSSR count). The molecule has 26 heavy (non-hydrogen) atoms. The highest BCUT2D eigenvalue weighted by Gasteiger charge is 2.22. The largest absolute Gasteiger partial charge is 0.480 e. The summed E-state index contributed by atoms with van der Waals surface area (Å²) < 4.78 is 0. The summed E-state index contributed by atoms with van der Waals surface area (Å²) in [5.74, 6) is -1.33. The Hall–Kier alpha value is -2.61. The quantitative estimate of drug-likeness (QED) is 0.411. The average molecular weight is 364 g/mol. The first-order valence-electron chi connectivity index (χ1n) is 8.61. The Balaban J connectivity index is 2.51. The lowest BCUT2D eigenvalue weighted by atomic mass is 10.0. The van der Waals surface area contributed by atoms with Crippen molar-refractivity contribution in [3.63, 3.8) is 0 Å². The van der Waals surface area contributed by atoms with Crippen molar-refractivity contribution in [3.8, 4) is 0 Å². The van der Waals surface area contributed by atoms with Crippen LogP contribution in [0.4, 0.5) is 4.79 Å². The molecule has 0 spiro atoms. The summed E-state index contributed by atoms with van der Waals surface area (Å²) in [7, 11) is 0. The van der Waals surface area contributed by atoms with Crippen LogP contribution in [0.15, 0.2) is 30.3 Å². The third-order valence-corrected chi connectivity index (χ3v) is 3.61. The molecule has 2 atom stereocenters. The van der Waals surface area contributed by atoms with Crippen molar-refractivity contribution in [3.05, 3.63) is 35.9 Å². The van der Waals surface area contributed by atoms with Gasteiger partial charge in [-0.3, -0.25) is 9.59 Å². The number of carboxylic acids is 1. The Labute approximate surface area is 153 Å². The highest BCUT2D eigenvalue weighted by Crippen LogP contribution is 2.05. The van der Waals surface area contributed by atoms with Gasteiger partial charge in [0.05, 0.1) is 0 Å². The molecule has 144 valence electrons. The number of urea groups is 1. The fraction of sp³-hybridized carbons (Fsp3) is 0.500. The summed E-state index contributed by atoms with van der Waals surface area (Å²) in [6.45, 7) is 3.63. The van der Waals surface area contributed by atoms with Gasteiger partial charge in [0, 0.05) is 12.6 Å². The van der Waals surface area contributed by atoms with E-state index < -0.39 is 24.6 Å². The molecule has 8 heteroatoms. The van der Waals surface area contributed by atoms with E-state index in [1.807, 2.05) is 44.2 Å². The molecule has 0 fully saturated rings. The van der Waals surface area contributed by atoms with Crippen LogP contribution in [0.5, 0.6) is 0 Å². The molecule has 0 heterocycles. The lowest BCUT2D eigenvalue weighted by Gasteiger charge is -2.21.